The molecule has 0 spiro atoms. The average molecular weight is 283 g/mol. The van der Waals surface area contributed by atoms with Gasteiger partial charge in [0.2, 0.25) is 0 Å². The molecule has 2 aliphatic rings. The molecule has 1 aliphatic carbocycles. The summed E-state index contributed by atoms with van der Waals surface area (Å²) in [5, 5.41) is 2.99. The van der Waals surface area contributed by atoms with E-state index in [1.54, 1.807) is 0 Å². The van der Waals surface area contributed by atoms with Crippen LogP contribution in [0.25, 0.3) is 0 Å². The fourth-order valence-corrected chi connectivity index (χ4v) is 2.99. The zero-order valence-electron chi connectivity index (χ0n) is 13.1. The molecule has 0 unspecified atom stereocenters. The Morgan fingerprint density at radius 3 is 2.50 bits per heavy atom. The van der Waals surface area contributed by atoms with Gasteiger partial charge in [0.1, 0.15) is 11.7 Å². The van der Waals surface area contributed by atoms with Gasteiger partial charge in [0.05, 0.1) is 12.6 Å². The molecule has 0 radical (unpaired) electrons. The van der Waals surface area contributed by atoms with Gasteiger partial charge >= 0.3 is 6.09 Å². The van der Waals surface area contributed by atoms with Gasteiger partial charge in [-0.25, -0.2) is 4.79 Å². The molecule has 2 fully saturated rings. The molecule has 20 heavy (non-hydrogen) atoms. The maximum Gasteiger partial charge on any atom is 0.407 e. The first-order valence-electron chi connectivity index (χ1n) is 8.05. The Hall–Kier alpha value is -0.770. The van der Waals surface area contributed by atoms with E-state index in [0.717, 1.165) is 18.9 Å². The summed E-state index contributed by atoms with van der Waals surface area (Å²) in [4.78, 5) is 11.9. The quantitative estimate of drug-likeness (QED) is 0.784. The van der Waals surface area contributed by atoms with E-state index in [0.29, 0.717) is 0 Å². The third kappa shape index (κ3) is 5.70. The molecule has 1 N–H and O–H groups in total. The normalized spacial score (nSPS) is 25.1. The van der Waals surface area contributed by atoms with Crippen molar-refractivity contribution in [2.24, 2.45) is 5.92 Å². The Labute approximate surface area is 122 Å². The highest BCUT2D eigenvalue weighted by Crippen LogP contribution is 2.29. The molecular weight excluding hydrogens is 254 g/mol. The molecule has 1 heterocycles. The summed E-state index contributed by atoms with van der Waals surface area (Å²) in [6.07, 6.45) is 8.92. The van der Waals surface area contributed by atoms with Crippen LogP contribution in [0.1, 0.15) is 65.7 Å². The lowest BCUT2D eigenvalue weighted by molar-refractivity contribution is 0.0489. The fourth-order valence-electron chi connectivity index (χ4n) is 2.99. The number of amides is 1. The van der Waals surface area contributed by atoms with Crippen LogP contribution in [-0.4, -0.2) is 30.4 Å². The Kier molecular flexibility index (Phi) is 5.30. The lowest BCUT2D eigenvalue weighted by Crippen LogP contribution is -2.42. The smallest absolute Gasteiger partial charge is 0.407 e. The molecule has 0 aromatic heterocycles. The maximum atomic E-state index is 11.9. The highest BCUT2D eigenvalue weighted by molar-refractivity contribution is 5.68. The highest BCUT2D eigenvalue weighted by atomic mass is 16.6. The van der Waals surface area contributed by atoms with Crippen LogP contribution in [0.3, 0.4) is 0 Å². The van der Waals surface area contributed by atoms with Crippen molar-refractivity contribution in [2.75, 3.05) is 6.61 Å². The summed E-state index contributed by atoms with van der Waals surface area (Å²) < 4.78 is 10.7. The summed E-state index contributed by atoms with van der Waals surface area (Å²) in [5.41, 5.74) is -0.442. The van der Waals surface area contributed by atoms with Crippen LogP contribution in [0.4, 0.5) is 4.79 Å². The fraction of sp³-hybridized carbons (Fsp3) is 0.938. The number of ether oxygens (including phenoxy) is 2. The van der Waals surface area contributed by atoms with Crippen LogP contribution in [0.15, 0.2) is 0 Å². The minimum absolute atomic E-state index is 0.117. The van der Waals surface area contributed by atoms with Gasteiger partial charge in [0.25, 0.3) is 0 Å². The van der Waals surface area contributed by atoms with Crippen LogP contribution in [0, 0.1) is 5.92 Å². The van der Waals surface area contributed by atoms with E-state index < -0.39 is 5.60 Å². The van der Waals surface area contributed by atoms with Crippen molar-refractivity contribution >= 4 is 6.09 Å². The van der Waals surface area contributed by atoms with Crippen molar-refractivity contribution in [3.05, 3.63) is 0 Å². The number of epoxide rings is 1. The summed E-state index contributed by atoms with van der Waals surface area (Å²) in [5.74, 6) is 0.838. The number of carbonyl (C=O) groups excluding carboxylic acids is 1. The van der Waals surface area contributed by atoms with Crippen LogP contribution in [0.5, 0.6) is 0 Å². The van der Waals surface area contributed by atoms with Crippen molar-refractivity contribution in [3.63, 3.8) is 0 Å². The number of carbonyl (C=O) groups is 1. The molecule has 2 rings (SSSR count). The second kappa shape index (κ2) is 6.79. The predicted octanol–water partition coefficient (Wildman–Crippen LogP) is 3.64. The Morgan fingerprint density at radius 1 is 1.30 bits per heavy atom. The molecule has 1 amide bonds. The van der Waals surface area contributed by atoms with Crippen molar-refractivity contribution in [1.82, 2.24) is 5.32 Å². The molecule has 1 saturated carbocycles. The molecule has 2 atom stereocenters. The van der Waals surface area contributed by atoms with E-state index >= 15 is 0 Å². The second-order valence-corrected chi connectivity index (χ2v) is 7.21. The van der Waals surface area contributed by atoms with Crippen molar-refractivity contribution in [2.45, 2.75) is 83.5 Å². The van der Waals surface area contributed by atoms with E-state index in [-0.39, 0.29) is 18.2 Å². The third-order valence-corrected chi connectivity index (χ3v) is 4.12. The van der Waals surface area contributed by atoms with Gasteiger partial charge in [0.15, 0.2) is 0 Å². The Balaban J connectivity index is 1.74. The largest absolute Gasteiger partial charge is 0.444 e. The summed E-state index contributed by atoms with van der Waals surface area (Å²) >= 11 is 0. The zero-order chi connectivity index (χ0) is 14.6. The van der Waals surface area contributed by atoms with Crippen LogP contribution in [-0.2, 0) is 9.47 Å². The van der Waals surface area contributed by atoms with Gasteiger partial charge in [-0.15, -0.1) is 0 Å². The standard InChI is InChI=1S/C16H29NO3/c1-16(2,3)20-15(18)17-13(14-11-19-14)10-9-12-7-5-4-6-8-12/h12-14H,4-11H2,1-3H3,(H,17,18)/t13-,14+/m0/s1. The minimum atomic E-state index is -0.442. The molecule has 0 bridgehead atoms. The lowest BCUT2D eigenvalue weighted by Gasteiger charge is -2.25. The summed E-state index contributed by atoms with van der Waals surface area (Å²) in [6, 6.07) is 0.117. The molecular formula is C16H29NO3. The van der Waals surface area contributed by atoms with Crippen molar-refractivity contribution in [1.29, 1.82) is 0 Å². The number of hydrogen-bond donors (Lipinski definition) is 1. The molecule has 1 aliphatic heterocycles. The summed E-state index contributed by atoms with van der Waals surface area (Å²) in [7, 11) is 0. The maximum absolute atomic E-state index is 11.9. The first-order valence-corrected chi connectivity index (χ1v) is 8.05. The van der Waals surface area contributed by atoms with E-state index in [2.05, 4.69) is 5.32 Å². The van der Waals surface area contributed by atoms with Crippen LogP contribution < -0.4 is 5.32 Å². The van der Waals surface area contributed by atoms with Gasteiger partial charge in [-0.3, -0.25) is 0 Å². The second-order valence-electron chi connectivity index (χ2n) is 7.21. The van der Waals surface area contributed by atoms with Gasteiger partial charge in [-0.1, -0.05) is 32.1 Å². The monoisotopic (exact) mass is 283 g/mol. The number of rotatable bonds is 5. The molecule has 1 saturated heterocycles. The van der Waals surface area contributed by atoms with Gasteiger partial charge in [-0.05, 0) is 39.5 Å². The first kappa shape index (κ1) is 15.6. The van der Waals surface area contributed by atoms with Crippen LogP contribution >= 0.6 is 0 Å². The van der Waals surface area contributed by atoms with Crippen LogP contribution in [0.2, 0.25) is 0 Å². The summed E-state index contributed by atoms with van der Waals surface area (Å²) in [6.45, 7) is 6.43. The van der Waals surface area contributed by atoms with Crippen molar-refractivity contribution < 1.29 is 14.3 Å². The molecule has 116 valence electrons. The van der Waals surface area contributed by atoms with E-state index in [9.17, 15) is 4.79 Å². The zero-order valence-corrected chi connectivity index (χ0v) is 13.1. The number of hydrogen-bond acceptors (Lipinski definition) is 3. The Bertz CT molecular complexity index is 314. The first-order chi connectivity index (χ1) is 9.44. The van der Waals surface area contributed by atoms with E-state index in [4.69, 9.17) is 9.47 Å². The van der Waals surface area contributed by atoms with E-state index in [1.165, 1.54) is 38.5 Å². The SMILES string of the molecule is CC(C)(C)OC(=O)N[C@@H](CCC1CCCCC1)[C@H]1CO1. The minimum Gasteiger partial charge on any atom is -0.444 e. The molecule has 4 heteroatoms. The average Bonchev–Trinajstić information content (AvgIpc) is 3.17. The van der Waals surface area contributed by atoms with Gasteiger partial charge < -0.3 is 14.8 Å². The third-order valence-electron chi connectivity index (χ3n) is 4.12. The molecule has 4 nitrogen and oxygen atoms in total. The van der Waals surface area contributed by atoms with Gasteiger partial charge in [0, 0.05) is 0 Å². The molecule has 0 aromatic carbocycles. The van der Waals surface area contributed by atoms with Crippen molar-refractivity contribution in [3.8, 4) is 0 Å². The number of alkyl carbamates (subject to hydrolysis) is 1. The predicted molar refractivity (Wildman–Crippen MR) is 78.7 cm³/mol. The lowest BCUT2D eigenvalue weighted by atomic mass is 9.85. The topological polar surface area (TPSA) is 50.9 Å². The molecule has 0 aromatic rings. The van der Waals surface area contributed by atoms with E-state index in [1.807, 2.05) is 20.8 Å². The Morgan fingerprint density at radius 2 is 1.95 bits per heavy atom. The number of nitrogens with one attached hydrogen (secondary N) is 1. The van der Waals surface area contributed by atoms with Gasteiger partial charge in [-0.2, -0.15) is 0 Å². The highest BCUT2D eigenvalue weighted by Gasteiger charge is 2.35.